The maximum Gasteiger partial charge on any atom is 0.407 e. The van der Waals surface area contributed by atoms with Gasteiger partial charge in [0.15, 0.2) is 0 Å². The fraction of sp³-hybridized carbons (Fsp3) is 0.444. The SMILES string of the molecule is COC(=O)c1ccc(OC)c(C=CCCNC(=O)OC(C)(C)C)c1. The van der Waals surface area contributed by atoms with Crippen LogP contribution < -0.4 is 10.1 Å². The molecule has 0 atom stereocenters. The van der Waals surface area contributed by atoms with Gasteiger partial charge in [-0.25, -0.2) is 9.59 Å². The summed E-state index contributed by atoms with van der Waals surface area (Å²) in [6, 6.07) is 5.05. The minimum Gasteiger partial charge on any atom is -0.496 e. The highest BCUT2D eigenvalue weighted by atomic mass is 16.6. The molecule has 24 heavy (non-hydrogen) atoms. The number of hydrogen-bond donors (Lipinski definition) is 1. The number of amides is 1. The summed E-state index contributed by atoms with van der Waals surface area (Å²) in [6.45, 7) is 5.89. The summed E-state index contributed by atoms with van der Waals surface area (Å²) in [4.78, 5) is 23.1. The van der Waals surface area contributed by atoms with Gasteiger partial charge in [0.2, 0.25) is 0 Å². The van der Waals surface area contributed by atoms with Crippen molar-refractivity contribution in [2.75, 3.05) is 20.8 Å². The van der Waals surface area contributed by atoms with Crippen LogP contribution in [0.5, 0.6) is 5.75 Å². The molecule has 6 nitrogen and oxygen atoms in total. The maximum absolute atomic E-state index is 11.6. The third-order valence-electron chi connectivity index (χ3n) is 2.93. The fourth-order valence-corrected chi connectivity index (χ4v) is 1.89. The van der Waals surface area contributed by atoms with Crippen molar-refractivity contribution < 1.29 is 23.8 Å². The van der Waals surface area contributed by atoms with Crippen LogP contribution in [-0.2, 0) is 9.47 Å². The lowest BCUT2D eigenvalue weighted by Crippen LogP contribution is -2.32. The van der Waals surface area contributed by atoms with Gasteiger partial charge >= 0.3 is 12.1 Å². The first-order valence-electron chi connectivity index (χ1n) is 7.66. The summed E-state index contributed by atoms with van der Waals surface area (Å²) >= 11 is 0. The van der Waals surface area contributed by atoms with Gasteiger partial charge < -0.3 is 19.5 Å². The minimum atomic E-state index is -0.512. The van der Waals surface area contributed by atoms with Crippen molar-refractivity contribution in [1.82, 2.24) is 5.32 Å². The number of hydrogen-bond acceptors (Lipinski definition) is 5. The number of carbonyl (C=O) groups excluding carboxylic acids is 2. The molecule has 6 heteroatoms. The van der Waals surface area contributed by atoms with Crippen molar-refractivity contribution in [1.29, 1.82) is 0 Å². The molecule has 1 amide bonds. The average Bonchev–Trinajstić information content (AvgIpc) is 2.51. The molecule has 0 radical (unpaired) electrons. The first-order valence-corrected chi connectivity index (χ1v) is 7.66. The van der Waals surface area contributed by atoms with Gasteiger partial charge in [-0.05, 0) is 45.4 Å². The lowest BCUT2D eigenvalue weighted by Gasteiger charge is -2.19. The Bertz CT molecular complexity index is 602. The summed E-state index contributed by atoms with van der Waals surface area (Å²) in [5, 5.41) is 2.68. The van der Waals surface area contributed by atoms with E-state index in [4.69, 9.17) is 14.2 Å². The predicted octanol–water partition coefficient (Wildman–Crippen LogP) is 3.41. The Morgan fingerprint density at radius 3 is 2.50 bits per heavy atom. The van der Waals surface area contributed by atoms with Gasteiger partial charge in [-0.3, -0.25) is 0 Å². The highest BCUT2D eigenvalue weighted by Crippen LogP contribution is 2.22. The van der Waals surface area contributed by atoms with Crippen LogP contribution in [0.15, 0.2) is 24.3 Å². The van der Waals surface area contributed by atoms with Crippen molar-refractivity contribution >= 4 is 18.1 Å². The fourth-order valence-electron chi connectivity index (χ4n) is 1.89. The van der Waals surface area contributed by atoms with E-state index in [-0.39, 0.29) is 0 Å². The first-order chi connectivity index (χ1) is 11.3. The molecule has 1 aromatic rings. The largest absolute Gasteiger partial charge is 0.496 e. The molecule has 0 fully saturated rings. The predicted molar refractivity (Wildman–Crippen MR) is 92.2 cm³/mol. The normalized spacial score (nSPS) is 11.2. The summed E-state index contributed by atoms with van der Waals surface area (Å²) < 4.78 is 15.1. The lowest BCUT2D eigenvalue weighted by molar-refractivity contribution is 0.0527. The summed E-state index contributed by atoms with van der Waals surface area (Å²) in [7, 11) is 2.90. The molecule has 0 aliphatic rings. The molecule has 1 N–H and O–H groups in total. The smallest absolute Gasteiger partial charge is 0.407 e. The molecule has 132 valence electrons. The minimum absolute atomic E-state index is 0.404. The number of alkyl carbamates (subject to hydrolysis) is 1. The number of nitrogens with one attached hydrogen (secondary N) is 1. The van der Waals surface area contributed by atoms with Gasteiger partial charge in [-0.1, -0.05) is 12.2 Å². The van der Waals surface area contributed by atoms with Gasteiger partial charge in [0, 0.05) is 12.1 Å². The number of rotatable bonds is 6. The zero-order valence-corrected chi connectivity index (χ0v) is 14.8. The molecule has 1 aromatic carbocycles. The van der Waals surface area contributed by atoms with Crippen molar-refractivity contribution in [3.8, 4) is 5.75 Å². The van der Waals surface area contributed by atoms with Crippen molar-refractivity contribution in [2.45, 2.75) is 32.8 Å². The van der Waals surface area contributed by atoms with Crippen molar-refractivity contribution in [3.05, 3.63) is 35.4 Å². The summed E-state index contributed by atoms with van der Waals surface area (Å²) in [6.07, 6.45) is 3.89. The second kappa shape index (κ2) is 8.96. The quantitative estimate of drug-likeness (QED) is 0.637. The Balaban J connectivity index is 2.60. The van der Waals surface area contributed by atoms with E-state index in [1.165, 1.54) is 7.11 Å². The Morgan fingerprint density at radius 2 is 1.92 bits per heavy atom. The van der Waals surface area contributed by atoms with E-state index < -0.39 is 17.7 Å². The number of esters is 1. The van der Waals surface area contributed by atoms with Gasteiger partial charge in [-0.2, -0.15) is 0 Å². The van der Waals surface area contributed by atoms with Crippen molar-refractivity contribution in [3.63, 3.8) is 0 Å². The average molecular weight is 335 g/mol. The van der Waals surface area contributed by atoms with Gasteiger partial charge in [-0.15, -0.1) is 0 Å². The Morgan fingerprint density at radius 1 is 1.21 bits per heavy atom. The number of benzene rings is 1. The highest BCUT2D eigenvalue weighted by molar-refractivity contribution is 5.90. The third kappa shape index (κ3) is 6.73. The van der Waals surface area contributed by atoms with Crippen LogP contribution in [0.1, 0.15) is 43.1 Å². The Kier molecular flexibility index (Phi) is 7.30. The molecule has 0 aliphatic heterocycles. The van der Waals surface area contributed by atoms with Crippen LogP contribution in [0, 0.1) is 0 Å². The number of carbonyl (C=O) groups is 2. The van der Waals surface area contributed by atoms with Crippen LogP contribution in [-0.4, -0.2) is 38.4 Å². The Hall–Kier alpha value is -2.50. The summed E-state index contributed by atoms with van der Waals surface area (Å²) in [5.74, 6) is 0.248. The van der Waals surface area contributed by atoms with E-state index in [0.29, 0.717) is 24.3 Å². The van der Waals surface area contributed by atoms with Crippen LogP contribution >= 0.6 is 0 Å². The van der Waals surface area contributed by atoms with E-state index >= 15 is 0 Å². The van der Waals surface area contributed by atoms with Gasteiger partial charge in [0.1, 0.15) is 11.4 Å². The molecule has 0 saturated carbocycles. The van der Waals surface area contributed by atoms with Crippen LogP contribution in [0.4, 0.5) is 4.79 Å². The zero-order valence-electron chi connectivity index (χ0n) is 14.8. The zero-order chi connectivity index (χ0) is 18.2. The molecule has 1 rings (SSSR count). The molecule has 0 heterocycles. The lowest BCUT2D eigenvalue weighted by atomic mass is 10.1. The van der Waals surface area contributed by atoms with E-state index in [1.54, 1.807) is 25.3 Å². The van der Waals surface area contributed by atoms with Gasteiger partial charge in [0.05, 0.1) is 19.8 Å². The third-order valence-corrected chi connectivity index (χ3v) is 2.93. The topological polar surface area (TPSA) is 73.9 Å². The van der Waals surface area contributed by atoms with Crippen molar-refractivity contribution in [2.24, 2.45) is 0 Å². The van der Waals surface area contributed by atoms with Gasteiger partial charge in [0.25, 0.3) is 0 Å². The molecular formula is C18H25NO5. The maximum atomic E-state index is 11.6. The van der Waals surface area contributed by atoms with Crippen LogP contribution in [0.2, 0.25) is 0 Å². The highest BCUT2D eigenvalue weighted by Gasteiger charge is 2.15. The molecule has 0 unspecified atom stereocenters. The molecule has 0 spiro atoms. The standard InChI is InChI=1S/C18H25NO5/c1-18(2,3)24-17(21)19-11-7-6-8-13-12-14(16(20)23-5)9-10-15(13)22-4/h6,8-10,12H,7,11H2,1-5H3,(H,19,21). The monoisotopic (exact) mass is 335 g/mol. The molecule has 0 aliphatic carbocycles. The van der Waals surface area contributed by atoms with Crippen LogP contribution in [0.3, 0.4) is 0 Å². The van der Waals surface area contributed by atoms with Crippen LogP contribution in [0.25, 0.3) is 6.08 Å². The second-order valence-corrected chi connectivity index (χ2v) is 6.07. The van der Waals surface area contributed by atoms with E-state index in [2.05, 4.69) is 5.32 Å². The molecule has 0 aromatic heterocycles. The second-order valence-electron chi connectivity index (χ2n) is 6.07. The van der Waals surface area contributed by atoms with E-state index in [0.717, 1.165) is 5.56 Å². The molecule has 0 saturated heterocycles. The molecular weight excluding hydrogens is 310 g/mol. The first kappa shape index (κ1) is 19.5. The number of ether oxygens (including phenoxy) is 3. The van der Waals surface area contributed by atoms with E-state index in [1.807, 2.05) is 32.9 Å². The summed E-state index contributed by atoms with van der Waals surface area (Å²) in [5.41, 5.74) is 0.698. The van der Waals surface area contributed by atoms with E-state index in [9.17, 15) is 9.59 Å². The Labute approximate surface area is 142 Å². The molecule has 0 bridgehead atoms. The number of methoxy groups -OCH3 is 2.